The number of nitrogens with zero attached hydrogens (tertiary/aromatic N) is 5. The highest BCUT2D eigenvalue weighted by atomic mass is 35.5. The highest BCUT2D eigenvalue weighted by Crippen LogP contribution is 2.18. The van der Waals surface area contributed by atoms with Gasteiger partial charge < -0.3 is 15.3 Å². The summed E-state index contributed by atoms with van der Waals surface area (Å²) < 4.78 is 13.1. The van der Waals surface area contributed by atoms with Crippen molar-refractivity contribution in [1.29, 1.82) is 0 Å². The average Bonchev–Trinajstić information content (AvgIpc) is 2.92. The van der Waals surface area contributed by atoms with Crippen molar-refractivity contribution in [2.24, 2.45) is 4.99 Å². The molecule has 1 aromatic heterocycles. The molecule has 134 valence electrons. The van der Waals surface area contributed by atoms with Crippen molar-refractivity contribution in [3.8, 4) is 5.69 Å². The molecular formula is C15H10Cl2FN5O3. The van der Waals surface area contributed by atoms with E-state index in [1.807, 2.05) is 0 Å². The van der Waals surface area contributed by atoms with E-state index in [0.717, 1.165) is 10.9 Å². The third-order valence-corrected chi connectivity index (χ3v) is 4.01. The molecule has 2 aromatic carbocycles. The summed E-state index contributed by atoms with van der Waals surface area (Å²) in [5.74, 6) is -1.17. The van der Waals surface area contributed by atoms with Crippen LogP contribution in [0.1, 0.15) is 5.56 Å². The summed E-state index contributed by atoms with van der Waals surface area (Å²) in [6, 6.07) is 9.82. The molecule has 0 radical (unpaired) electrons. The lowest BCUT2D eigenvalue weighted by Gasteiger charge is -2.01. The van der Waals surface area contributed by atoms with Crippen LogP contribution in [0, 0.1) is 15.9 Å². The van der Waals surface area contributed by atoms with Gasteiger partial charge in [0, 0.05) is 10.0 Å². The largest absolute Gasteiger partial charge is 0.438 e. The minimum Gasteiger partial charge on any atom is -0.409 e. The van der Waals surface area contributed by atoms with E-state index in [0.29, 0.717) is 21.1 Å². The number of halogens is 3. The van der Waals surface area contributed by atoms with Gasteiger partial charge in [-0.3, -0.25) is 4.99 Å². The van der Waals surface area contributed by atoms with Crippen LogP contribution in [0.2, 0.25) is 10.0 Å². The molecular weight excluding hydrogens is 388 g/mol. The standard InChI is InChI=1S/C15H10Cl2FN5O3/c16-10-2-5-12(6-3-10)21-20-15(23(25)26)14(22(21)24)19-8-9-1-4-11(18)7-13(9)17/h1-7,24H,8H2. The normalized spacial score (nSPS) is 11.7. The molecule has 3 aromatic rings. The van der Waals surface area contributed by atoms with Gasteiger partial charge in [0.05, 0.1) is 11.6 Å². The Morgan fingerprint density at radius 1 is 1.23 bits per heavy atom. The fraction of sp³-hybridized carbons (Fsp3) is 0.0667. The van der Waals surface area contributed by atoms with E-state index >= 15 is 0 Å². The second-order valence-corrected chi connectivity index (χ2v) is 5.96. The molecule has 0 saturated carbocycles. The van der Waals surface area contributed by atoms with Gasteiger partial charge in [-0.05, 0) is 51.7 Å². The van der Waals surface area contributed by atoms with Crippen LogP contribution in [0.3, 0.4) is 0 Å². The minimum atomic E-state index is -0.774. The number of hydrogen-bond acceptors (Lipinski definition) is 5. The fourth-order valence-electron chi connectivity index (χ4n) is 2.16. The van der Waals surface area contributed by atoms with Gasteiger partial charge in [-0.2, -0.15) is 0 Å². The highest BCUT2D eigenvalue weighted by molar-refractivity contribution is 6.31. The second-order valence-electron chi connectivity index (χ2n) is 5.11. The van der Waals surface area contributed by atoms with Crippen molar-refractivity contribution in [2.45, 2.75) is 6.54 Å². The Hall–Kier alpha value is -2.91. The molecule has 26 heavy (non-hydrogen) atoms. The SMILES string of the molecule is O=[N+]([O-])c1nn(-c2ccc(Cl)cc2)n(O)c1=NCc1ccc(F)cc1Cl. The molecule has 11 heteroatoms. The Morgan fingerprint density at radius 3 is 2.54 bits per heavy atom. The molecule has 1 N–H and O–H groups in total. The summed E-state index contributed by atoms with van der Waals surface area (Å²) >= 11 is 11.7. The molecule has 8 nitrogen and oxygen atoms in total. The van der Waals surface area contributed by atoms with E-state index in [9.17, 15) is 19.7 Å². The lowest BCUT2D eigenvalue weighted by molar-refractivity contribution is -0.391. The Kier molecular flexibility index (Phi) is 4.92. The van der Waals surface area contributed by atoms with Crippen LogP contribution in [-0.4, -0.2) is 24.9 Å². The molecule has 3 rings (SSSR count). The zero-order chi connectivity index (χ0) is 18.8. The molecule has 0 amide bonds. The maximum absolute atomic E-state index is 13.1. The summed E-state index contributed by atoms with van der Waals surface area (Å²) in [6.07, 6.45) is 0. The van der Waals surface area contributed by atoms with Gasteiger partial charge >= 0.3 is 5.82 Å². The zero-order valence-electron chi connectivity index (χ0n) is 12.9. The summed E-state index contributed by atoms with van der Waals surface area (Å²) in [6.45, 7) is -0.118. The third-order valence-electron chi connectivity index (χ3n) is 3.40. The number of rotatable bonds is 4. The molecule has 0 aliphatic carbocycles. The number of hydrogen-bond donors (Lipinski definition) is 1. The van der Waals surface area contributed by atoms with E-state index in [4.69, 9.17) is 23.2 Å². The van der Waals surface area contributed by atoms with Crippen LogP contribution in [0.25, 0.3) is 5.69 Å². The van der Waals surface area contributed by atoms with E-state index in [-0.39, 0.29) is 17.1 Å². The average molecular weight is 398 g/mol. The Balaban J connectivity index is 2.08. The molecule has 0 aliphatic heterocycles. The maximum Gasteiger partial charge on any atom is 0.438 e. The Morgan fingerprint density at radius 2 is 1.92 bits per heavy atom. The van der Waals surface area contributed by atoms with Gasteiger partial charge in [0.1, 0.15) is 11.5 Å². The van der Waals surface area contributed by atoms with Gasteiger partial charge in [-0.25, -0.2) is 4.39 Å². The molecule has 0 spiro atoms. The summed E-state index contributed by atoms with van der Waals surface area (Å²) in [7, 11) is 0. The van der Waals surface area contributed by atoms with E-state index < -0.39 is 16.6 Å². The topological polar surface area (TPSA) is 98.5 Å². The zero-order valence-corrected chi connectivity index (χ0v) is 14.4. The van der Waals surface area contributed by atoms with Gasteiger partial charge in [-0.15, -0.1) is 0 Å². The van der Waals surface area contributed by atoms with Gasteiger partial charge in [0.2, 0.25) is 0 Å². The second kappa shape index (κ2) is 7.14. The number of benzene rings is 2. The highest BCUT2D eigenvalue weighted by Gasteiger charge is 2.24. The summed E-state index contributed by atoms with van der Waals surface area (Å²) in [5.41, 5.74) is 0.383. The Labute approximate surface area is 155 Å². The Bertz CT molecular complexity index is 1050. The molecule has 0 unspecified atom stereocenters. The van der Waals surface area contributed by atoms with E-state index in [1.165, 1.54) is 24.3 Å². The summed E-state index contributed by atoms with van der Waals surface area (Å²) in [4.78, 5) is 15.8. The van der Waals surface area contributed by atoms with Crippen LogP contribution in [0.5, 0.6) is 0 Å². The molecule has 0 bridgehead atoms. The van der Waals surface area contributed by atoms with Crippen molar-refractivity contribution in [3.05, 3.63) is 79.5 Å². The smallest absolute Gasteiger partial charge is 0.409 e. The molecule has 0 saturated heterocycles. The lowest BCUT2D eigenvalue weighted by atomic mass is 10.2. The quantitative estimate of drug-likeness (QED) is 0.414. The lowest BCUT2D eigenvalue weighted by Crippen LogP contribution is -2.22. The first-order valence-corrected chi connectivity index (χ1v) is 7.89. The van der Waals surface area contributed by atoms with Crippen molar-refractivity contribution < 1.29 is 14.5 Å². The monoisotopic (exact) mass is 397 g/mol. The molecule has 0 fully saturated rings. The van der Waals surface area contributed by atoms with Crippen molar-refractivity contribution in [2.75, 3.05) is 0 Å². The van der Waals surface area contributed by atoms with Crippen LogP contribution in [0.4, 0.5) is 10.2 Å². The van der Waals surface area contributed by atoms with Gasteiger partial charge in [-0.1, -0.05) is 34.1 Å². The molecule has 0 aliphatic rings. The van der Waals surface area contributed by atoms with Gasteiger partial charge in [0.25, 0.3) is 5.49 Å². The third kappa shape index (κ3) is 3.53. The summed E-state index contributed by atoms with van der Waals surface area (Å²) in [5, 5.41) is 25.8. The van der Waals surface area contributed by atoms with Crippen LogP contribution >= 0.6 is 23.2 Å². The van der Waals surface area contributed by atoms with E-state index in [2.05, 4.69) is 10.1 Å². The fourth-order valence-corrected chi connectivity index (χ4v) is 2.51. The van der Waals surface area contributed by atoms with Gasteiger partial charge in [0.15, 0.2) is 0 Å². The predicted octanol–water partition coefficient (Wildman–Crippen LogP) is 3.37. The minimum absolute atomic E-state index is 0.117. The van der Waals surface area contributed by atoms with Crippen LogP contribution in [0.15, 0.2) is 47.5 Å². The first-order chi connectivity index (χ1) is 12.4. The van der Waals surface area contributed by atoms with Crippen molar-refractivity contribution in [1.82, 2.24) is 14.7 Å². The van der Waals surface area contributed by atoms with E-state index in [1.54, 1.807) is 12.1 Å². The number of aromatic nitrogens is 3. The first kappa shape index (κ1) is 17.9. The molecule has 1 heterocycles. The van der Waals surface area contributed by atoms with Crippen LogP contribution < -0.4 is 5.49 Å². The molecule has 0 atom stereocenters. The first-order valence-electron chi connectivity index (χ1n) is 7.13. The van der Waals surface area contributed by atoms with Crippen molar-refractivity contribution >= 4 is 29.0 Å². The number of nitro groups is 1. The van der Waals surface area contributed by atoms with Crippen molar-refractivity contribution in [3.63, 3.8) is 0 Å². The predicted molar refractivity (Wildman–Crippen MR) is 91.1 cm³/mol. The maximum atomic E-state index is 13.1. The van der Waals surface area contributed by atoms with Crippen LogP contribution in [-0.2, 0) is 6.54 Å².